The number of carbonyl (C=O) groups is 1. The summed E-state index contributed by atoms with van der Waals surface area (Å²) in [4.78, 5) is 21.2. The number of fused-ring (bicyclic) bond motifs is 1. The Morgan fingerprint density at radius 3 is 2.54 bits per heavy atom. The number of aromatic nitrogens is 1. The first-order valence-electron chi connectivity index (χ1n) is 9.37. The highest BCUT2D eigenvalue weighted by Gasteiger charge is 2.23. The van der Waals surface area contributed by atoms with E-state index in [-0.39, 0.29) is 18.3 Å². The number of piperazine rings is 1. The van der Waals surface area contributed by atoms with Gasteiger partial charge < -0.3 is 14.5 Å². The molecule has 1 aromatic heterocycles. The van der Waals surface area contributed by atoms with Crippen molar-refractivity contribution in [3.63, 3.8) is 0 Å². The number of halogens is 1. The predicted molar refractivity (Wildman–Crippen MR) is 107 cm³/mol. The molecule has 0 spiro atoms. The molecule has 1 aliphatic rings. The van der Waals surface area contributed by atoms with E-state index in [1.54, 1.807) is 0 Å². The molecule has 5 nitrogen and oxygen atoms in total. The molecule has 1 amide bonds. The van der Waals surface area contributed by atoms with Crippen molar-refractivity contribution in [1.29, 1.82) is 0 Å². The monoisotopic (exact) mass is 379 g/mol. The third-order valence-electron chi connectivity index (χ3n) is 4.97. The van der Waals surface area contributed by atoms with Gasteiger partial charge in [-0.05, 0) is 43.3 Å². The lowest BCUT2D eigenvalue weighted by atomic mass is 10.1. The summed E-state index contributed by atoms with van der Waals surface area (Å²) in [6.45, 7) is 4.76. The van der Waals surface area contributed by atoms with E-state index in [1.165, 1.54) is 24.3 Å². The van der Waals surface area contributed by atoms with E-state index in [1.807, 2.05) is 30.0 Å². The molecular formula is C22H22FN3O2. The van der Waals surface area contributed by atoms with Crippen molar-refractivity contribution < 1.29 is 13.9 Å². The van der Waals surface area contributed by atoms with Crippen LogP contribution in [0.4, 0.5) is 10.1 Å². The number of ether oxygens (including phenoxy) is 1. The van der Waals surface area contributed by atoms with Gasteiger partial charge in [0.05, 0.1) is 5.52 Å². The highest BCUT2D eigenvalue weighted by molar-refractivity contribution is 5.92. The van der Waals surface area contributed by atoms with Crippen molar-refractivity contribution in [2.24, 2.45) is 0 Å². The maximum atomic E-state index is 12.9. The van der Waals surface area contributed by atoms with E-state index in [0.29, 0.717) is 18.8 Å². The smallest absolute Gasteiger partial charge is 0.260 e. The topological polar surface area (TPSA) is 45.7 Å². The molecule has 1 saturated heterocycles. The molecule has 2 heterocycles. The number of benzene rings is 2. The van der Waals surface area contributed by atoms with Gasteiger partial charge in [-0.15, -0.1) is 0 Å². The third kappa shape index (κ3) is 3.91. The molecule has 0 aliphatic carbocycles. The minimum atomic E-state index is -0.325. The van der Waals surface area contributed by atoms with Crippen LogP contribution in [0.25, 0.3) is 10.9 Å². The molecule has 28 heavy (non-hydrogen) atoms. The van der Waals surface area contributed by atoms with Gasteiger partial charge in [0.15, 0.2) is 6.61 Å². The average Bonchev–Trinajstić information content (AvgIpc) is 2.72. The normalized spacial score (nSPS) is 14.4. The van der Waals surface area contributed by atoms with Crippen molar-refractivity contribution in [3.8, 4) is 5.75 Å². The minimum absolute atomic E-state index is 0.0388. The first kappa shape index (κ1) is 18.2. The number of hydrogen-bond acceptors (Lipinski definition) is 4. The molecule has 3 aromatic rings. The molecule has 0 N–H and O–H groups in total. The number of pyridine rings is 1. The molecule has 0 bridgehead atoms. The Balaban J connectivity index is 1.38. The summed E-state index contributed by atoms with van der Waals surface area (Å²) in [5.74, 6) is 0.112. The van der Waals surface area contributed by atoms with Gasteiger partial charge in [0.25, 0.3) is 5.91 Å². The lowest BCUT2D eigenvalue weighted by Gasteiger charge is -2.36. The second-order valence-corrected chi connectivity index (χ2v) is 6.91. The maximum Gasteiger partial charge on any atom is 0.260 e. The molecule has 2 aromatic carbocycles. The first-order chi connectivity index (χ1) is 13.6. The quantitative estimate of drug-likeness (QED) is 0.697. The number of carbonyl (C=O) groups excluding carboxylic acids is 1. The maximum absolute atomic E-state index is 12.9. The van der Waals surface area contributed by atoms with Crippen molar-refractivity contribution in [3.05, 3.63) is 66.1 Å². The van der Waals surface area contributed by atoms with E-state index in [9.17, 15) is 9.18 Å². The van der Waals surface area contributed by atoms with Crippen LogP contribution in [0, 0.1) is 12.7 Å². The number of hydrogen-bond donors (Lipinski definition) is 0. The fourth-order valence-electron chi connectivity index (χ4n) is 3.51. The number of aryl methyl sites for hydroxylation is 1. The summed E-state index contributed by atoms with van der Waals surface area (Å²) in [6, 6.07) is 15.9. The zero-order chi connectivity index (χ0) is 19.5. The highest BCUT2D eigenvalue weighted by atomic mass is 19.1. The number of nitrogens with zero attached hydrogens (tertiary/aromatic N) is 3. The number of amides is 1. The molecular weight excluding hydrogens is 357 g/mol. The van der Waals surface area contributed by atoms with Crippen LogP contribution < -0.4 is 9.64 Å². The summed E-state index contributed by atoms with van der Waals surface area (Å²) in [6.07, 6.45) is 0. The first-order valence-corrected chi connectivity index (χ1v) is 9.37. The number of anilines is 1. The lowest BCUT2D eigenvalue weighted by molar-refractivity contribution is -0.133. The Kier molecular flexibility index (Phi) is 5.10. The molecule has 0 atom stereocenters. The summed E-state index contributed by atoms with van der Waals surface area (Å²) < 4.78 is 18.4. The predicted octanol–water partition coefficient (Wildman–Crippen LogP) is 3.41. The van der Waals surface area contributed by atoms with E-state index >= 15 is 0 Å². The van der Waals surface area contributed by atoms with E-state index < -0.39 is 0 Å². The standard InChI is InChI=1S/C22H22FN3O2/c1-16-14-21(19-4-2-3-5-20(19)24-16)25-10-12-26(13-11-25)22(27)15-28-18-8-6-17(23)7-9-18/h2-9,14H,10-13,15H2,1H3. The molecule has 0 saturated carbocycles. The zero-order valence-corrected chi connectivity index (χ0v) is 15.8. The Morgan fingerprint density at radius 2 is 1.79 bits per heavy atom. The van der Waals surface area contributed by atoms with E-state index in [0.717, 1.165) is 35.4 Å². The fraction of sp³-hybridized carbons (Fsp3) is 0.273. The highest BCUT2D eigenvalue weighted by Crippen LogP contribution is 2.27. The molecule has 4 rings (SSSR count). The van der Waals surface area contributed by atoms with E-state index in [2.05, 4.69) is 22.0 Å². The van der Waals surface area contributed by atoms with Crippen molar-refractivity contribution >= 4 is 22.5 Å². The summed E-state index contributed by atoms with van der Waals surface area (Å²) >= 11 is 0. The van der Waals surface area contributed by atoms with Crippen LogP contribution in [0.3, 0.4) is 0 Å². The summed E-state index contributed by atoms with van der Waals surface area (Å²) in [5, 5.41) is 1.13. The average molecular weight is 379 g/mol. The molecule has 1 aliphatic heterocycles. The second kappa shape index (κ2) is 7.84. The van der Waals surface area contributed by atoms with Crippen LogP contribution in [0.1, 0.15) is 5.69 Å². The Hall–Kier alpha value is -3.15. The zero-order valence-electron chi connectivity index (χ0n) is 15.8. The van der Waals surface area contributed by atoms with Crippen molar-refractivity contribution in [2.45, 2.75) is 6.92 Å². The van der Waals surface area contributed by atoms with Crippen LogP contribution in [-0.4, -0.2) is 48.6 Å². The fourth-order valence-corrected chi connectivity index (χ4v) is 3.51. The van der Waals surface area contributed by atoms with Crippen molar-refractivity contribution in [2.75, 3.05) is 37.7 Å². The van der Waals surface area contributed by atoms with Crippen LogP contribution >= 0.6 is 0 Å². The van der Waals surface area contributed by atoms with Crippen LogP contribution in [-0.2, 0) is 4.79 Å². The van der Waals surface area contributed by atoms with E-state index in [4.69, 9.17) is 4.74 Å². The van der Waals surface area contributed by atoms with Gasteiger partial charge in [-0.2, -0.15) is 0 Å². The Bertz CT molecular complexity index is 983. The van der Waals surface area contributed by atoms with Gasteiger partial charge in [0.1, 0.15) is 11.6 Å². The number of rotatable bonds is 4. The minimum Gasteiger partial charge on any atom is -0.484 e. The summed E-state index contributed by atoms with van der Waals surface area (Å²) in [5.41, 5.74) is 3.14. The van der Waals surface area contributed by atoms with Crippen molar-refractivity contribution in [1.82, 2.24) is 9.88 Å². The molecule has 144 valence electrons. The van der Waals surface area contributed by atoms with Gasteiger partial charge in [0, 0.05) is 42.9 Å². The Morgan fingerprint density at radius 1 is 1.07 bits per heavy atom. The molecule has 1 fully saturated rings. The van der Waals surface area contributed by atoms with Crippen LogP contribution in [0.5, 0.6) is 5.75 Å². The largest absolute Gasteiger partial charge is 0.484 e. The Labute approximate surface area is 163 Å². The van der Waals surface area contributed by atoms with Gasteiger partial charge in [-0.3, -0.25) is 9.78 Å². The molecule has 0 radical (unpaired) electrons. The number of para-hydroxylation sites is 1. The third-order valence-corrected chi connectivity index (χ3v) is 4.97. The molecule has 6 heteroatoms. The lowest BCUT2D eigenvalue weighted by Crippen LogP contribution is -2.50. The van der Waals surface area contributed by atoms with Gasteiger partial charge in [0.2, 0.25) is 0 Å². The van der Waals surface area contributed by atoms with Crippen LogP contribution in [0.15, 0.2) is 54.6 Å². The SMILES string of the molecule is Cc1cc(N2CCN(C(=O)COc3ccc(F)cc3)CC2)c2ccccc2n1. The molecule has 0 unspecified atom stereocenters. The van der Waals surface area contributed by atoms with Crippen LogP contribution in [0.2, 0.25) is 0 Å². The summed E-state index contributed by atoms with van der Waals surface area (Å²) in [7, 11) is 0. The van der Waals surface area contributed by atoms with Gasteiger partial charge >= 0.3 is 0 Å². The second-order valence-electron chi connectivity index (χ2n) is 6.91. The van der Waals surface area contributed by atoms with Gasteiger partial charge in [-0.25, -0.2) is 4.39 Å². The van der Waals surface area contributed by atoms with Gasteiger partial charge in [-0.1, -0.05) is 18.2 Å².